The Hall–Kier alpha value is -0.760. The Morgan fingerprint density at radius 3 is 2.79 bits per heavy atom. The Morgan fingerprint density at radius 2 is 2.14 bits per heavy atom. The Morgan fingerprint density at radius 1 is 1.43 bits per heavy atom. The van der Waals surface area contributed by atoms with Gasteiger partial charge in [0.2, 0.25) is 0 Å². The van der Waals surface area contributed by atoms with Gasteiger partial charge in [-0.3, -0.25) is 4.90 Å². The fourth-order valence-electron chi connectivity index (χ4n) is 2.88. The van der Waals surface area contributed by atoms with Crippen molar-refractivity contribution in [3.63, 3.8) is 0 Å². The molecule has 1 aliphatic heterocycles. The number of hydrogen-bond donors (Lipinski definition) is 1. The normalized spacial score (nSPS) is 28.1. The molecule has 2 atom stereocenters. The highest BCUT2D eigenvalue weighted by molar-refractivity contribution is 5.28. The van der Waals surface area contributed by atoms with Crippen molar-refractivity contribution in [2.24, 2.45) is 0 Å². The Kier molecular flexibility index (Phi) is 2.40. The van der Waals surface area contributed by atoms with E-state index in [1.807, 2.05) is 0 Å². The van der Waals surface area contributed by atoms with Gasteiger partial charge in [-0.1, -0.05) is 0 Å². The molecule has 2 nitrogen and oxygen atoms in total. The summed E-state index contributed by atoms with van der Waals surface area (Å²) < 4.78 is 0. The van der Waals surface area contributed by atoms with Crippen molar-refractivity contribution >= 4 is 0 Å². The number of rotatable bonds is 1. The second kappa shape index (κ2) is 3.43. The first kappa shape index (κ1) is 9.78. The molecule has 14 heavy (non-hydrogen) atoms. The topological polar surface area (TPSA) is 19.0 Å². The van der Waals surface area contributed by atoms with Gasteiger partial charge in [-0.05, 0) is 39.3 Å². The Labute approximate surface area is 86.3 Å². The SMILES string of the molecule is CC(C)N1[C@@H](C)Cc2[nH]ccc2[C@@H]1C. The van der Waals surface area contributed by atoms with E-state index in [2.05, 4.69) is 49.8 Å². The van der Waals surface area contributed by atoms with Crippen LogP contribution in [0.25, 0.3) is 0 Å². The third-order valence-electron chi connectivity index (χ3n) is 3.37. The van der Waals surface area contributed by atoms with Crippen LogP contribution < -0.4 is 0 Å². The number of aromatic nitrogens is 1. The van der Waals surface area contributed by atoms with Crippen molar-refractivity contribution in [3.8, 4) is 0 Å². The Bertz CT molecular complexity index is 314. The highest BCUT2D eigenvalue weighted by Gasteiger charge is 2.31. The van der Waals surface area contributed by atoms with Crippen molar-refractivity contribution in [3.05, 3.63) is 23.5 Å². The van der Waals surface area contributed by atoms with Gasteiger partial charge in [-0.25, -0.2) is 0 Å². The zero-order chi connectivity index (χ0) is 10.3. The van der Waals surface area contributed by atoms with Crippen LogP contribution in [-0.2, 0) is 6.42 Å². The maximum Gasteiger partial charge on any atom is 0.0343 e. The second-order valence-electron chi connectivity index (χ2n) is 4.68. The summed E-state index contributed by atoms with van der Waals surface area (Å²) in [5.74, 6) is 0. The van der Waals surface area contributed by atoms with Crippen LogP contribution in [-0.4, -0.2) is 22.0 Å². The molecule has 0 saturated carbocycles. The summed E-state index contributed by atoms with van der Waals surface area (Å²) in [4.78, 5) is 5.94. The number of H-pyrrole nitrogens is 1. The van der Waals surface area contributed by atoms with Gasteiger partial charge in [0.15, 0.2) is 0 Å². The Balaban J connectivity index is 2.34. The minimum atomic E-state index is 0.556. The van der Waals surface area contributed by atoms with E-state index in [1.54, 1.807) is 0 Å². The highest BCUT2D eigenvalue weighted by atomic mass is 15.2. The smallest absolute Gasteiger partial charge is 0.0343 e. The van der Waals surface area contributed by atoms with E-state index < -0.39 is 0 Å². The standard InChI is InChI=1S/C12H20N2/c1-8(2)14-9(3)7-12-11(10(14)4)5-6-13-12/h5-6,8-10,13H,7H2,1-4H3/t9-,10-/m0/s1. The number of nitrogens with zero attached hydrogens (tertiary/aromatic N) is 1. The summed E-state index contributed by atoms with van der Waals surface area (Å²) >= 11 is 0. The summed E-state index contributed by atoms with van der Waals surface area (Å²) in [5, 5.41) is 0. The first-order valence-electron chi connectivity index (χ1n) is 5.55. The van der Waals surface area contributed by atoms with E-state index in [9.17, 15) is 0 Å². The fraction of sp³-hybridized carbons (Fsp3) is 0.667. The van der Waals surface area contributed by atoms with Gasteiger partial charge in [0, 0.05) is 36.4 Å². The molecule has 0 aliphatic carbocycles. The summed E-state index contributed by atoms with van der Waals surface area (Å²) in [6.45, 7) is 9.19. The summed E-state index contributed by atoms with van der Waals surface area (Å²) in [6.07, 6.45) is 3.22. The number of hydrogen-bond acceptors (Lipinski definition) is 1. The van der Waals surface area contributed by atoms with E-state index >= 15 is 0 Å². The molecular weight excluding hydrogens is 172 g/mol. The number of fused-ring (bicyclic) bond motifs is 1. The lowest BCUT2D eigenvalue weighted by Gasteiger charge is -2.41. The van der Waals surface area contributed by atoms with Crippen molar-refractivity contribution in [1.29, 1.82) is 0 Å². The van der Waals surface area contributed by atoms with Crippen LogP contribution in [0.2, 0.25) is 0 Å². The monoisotopic (exact) mass is 192 g/mol. The van der Waals surface area contributed by atoms with Gasteiger partial charge in [0.25, 0.3) is 0 Å². The molecule has 2 heterocycles. The van der Waals surface area contributed by atoms with Crippen molar-refractivity contribution in [2.45, 2.75) is 52.2 Å². The maximum absolute atomic E-state index is 3.35. The number of aromatic amines is 1. The van der Waals surface area contributed by atoms with Crippen molar-refractivity contribution in [2.75, 3.05) is 0 Å². The van der Waals surface area contributed by atoms with Crippen molar-refractivity contribution in [1.82, 2.24) is 9.88 Å². The molecule has 0 amide bonds. The quantitative estimate of drug-likeness (QED) is 0.725. The van der Waals surface area contributed by atoms with Gasteiger partial charge in [-0.15, -0.1) is 0 Å². The second-order valence-corrected chi connectivity index (χ2v) is 4.68. The lowest BCUT2D eigenvalue weighted by atomic mass is 9.94. The maximum atomic E-state index is 3.35. The molecule has 0 spiro atoms. The third kappa shape index (κ3) is 1.38. The third-order valence-corrected chi connectivity index (χ3v) is 3.37. The van der Waals surface area contributed by atoms with Gasteiger partial charge in [-0.2, -0.15) is 0 Å². The summed E-state index contributed by atoms with van der Waals surface area (Å²) in [6, 6.07) is 4.06. The van der Waals surface area contributed by atoms with Crippen LogP contribution >= 0.6 is 0 Å². The van der Waals surface area contributed by atoms with Gasteiger partial charge >= 0.3 is 0 Å². The van der Waals surface area contributed by atoms with Gasteiger partial charge in [0.1, 0.15) is 0 Å². The molecule has 0 unspecified atom stereocenters. The highest BCUT2D eigenvalue weighted by Crippen LogP contribution is 2.33. The molecule has 0 bridgehead atoms. The van der Waals surface area contributed by atoms with Crippen LogP contribution in [0.3, 0.4) is 0 Å². The number of nitrogens with one attached hydrogen (secondary N) is 1. The zero-order valence-corrected chi connectivity index (χ0v) is 9.54. The molecule has 1 aromatic rings. The fourth-order valence-corrected chi connectivity index (χ4v) is 2.88. The van der Waals surface area contributed by atoms with E-state index in [-0.39, 0.29) is 0 Å². The first-order chi connectivity index (χ1) is 6.61. The molecule has 1 N–H and O–H groups in total. The molecule has 2 heteroatoms. The van der Waals surface area contributed by atoms with Crippen LogP contribution in [0.5, 0.6) is 0 Å². The van der Waals surface area contributed by atoms with Gasteiger partial charge < -0.3 is 4.98 Å². The van der Waals surface area contributed by atoms with E-state index in [4.69, 9.17) is 0 Å². The molecule has 1 aliphatic rings. The zero-order valence-electron chi connectivity index (χ0n) is 9.54. The molecule has 0 radical (unpaired) electrons. The summed E-state index contributed by atoms with van der Waals surface area (Å²) in [7, 11) is 0. The van der Waals surface area contributed by atoms with E-state index in [0.717, 1.165) is 6.42 Å². The molecule has 78 valence electrons. The van der Waals surface area contributed by atoms with Crippen LogP contribution in [0.4, 0.5) is 0 Å². The lowest BCUT2D eigenvalue weighted by Crippen LogP contribution is -2.44. The summed E-state index contributed by atoms with van der Waals surface area (Å²) in [5.41, 5.74) is 2.92. The van der Waals surface area contributed by atoms with E-state index in [1.165, 1.54) is 11.3 Å². The molecule has 0 fully saturated rings. The van der Waals surface area contributed by atoms with Crippen LogP contribution in [0, 0.1) is 0 Å². The van der Waals surface area contributed by atoms with Crippen LogP contribution in [0.15, 0.2) is 12.3 Å². The predicted octanol–water partition coefficient (Wildman–Crippen LogP) is 2.73. The molecule has 1 aromatic heterocycles. The van der Waals surface area contributed by atoms with E-state index in [0.29, 0.717) is 18.1 Å². The van der Waals surface area contributed by atoms with Gasteiger partial charge in [0.05, 0.1) is 0 Å². The predicted molar refractivity (Wildman–Crippen MR) is 59.3 cm³/mol. The minimum absolute atomic E-state index is 0.556. The molecule has 0 saturated heterocycles. The first-order valence-corrected chi connectivity index (χ1v) is 5.55. The average molecular weight is 192 g/mol. The largest absolute Gasteiger partial charge is 0.365 e. The lowest BCUT2D eigenvalue weighted by molar-refractivity contribution is 0.0992. The van der Waals surface area contributed by atoms with Crippen LogP contribution in [0.1, 0.15) is 45.0 Å². The molecule has 0 aromatic carbocycles. The molecule has 2 rings (SSSR count). The minimum Gasteiger partial charge on any atom is -0.365 e. The molecular formula is C12H20N2. The van der Waals surface area contributed by atoms with Crippen molar-refractivity contribution < 1.29 is 0 Å². The average Bonchev–Trinajstić information content (AvgIpc) is 2.50.